The van der Waals surface area contributed by atoms with Gasteiger partial charge in [0.2, 0.25) is 0 Å². The third-order valence-corrected chi connectivity index (χ3v) is 3.62. The second-order valence-corrected chi connectivity index (χ2v) is 4.70. The minimum atomic E-state index is 0.502. The van der Waals surface area contributed by atoms with Gasteiger partial charge in [0.15, 0.2) is 0 Å². The van der Waals surface area contributed by atoms with Gasteiger partial charge in [0.1, 0.15) is 0 Å². The van der Waals surface area contributed by atoms with Gasteiger partial charge in [-0.25, -0.2) is 0 Å². The SMILES string of the molecule is C=Cc1ccccc1CC1C=Cc2ccccc21. The molecule has 0 bridgehead atoms. The molecule has 0 fully saturated rings. The van der Waals surface area contributed by atoms with E-state index < -0.39 is 0 Å². The summed E-state index contributed by atoms with van der Waals surface area (Å²) in [5, 5.41) is 0. The van der Waals surface area contributed by atoms with Gasteiger partial charge < -0.3 is 0 Å². The molecule has 0 spiro atoms. The summed E-state index contributed by atoms with van der Waals surface area (Å²) < 4.78 is 0. The second kappa shape index (κ2) is 4.66. The monoisotopic (exact) mass is 232 g/mol. The predicted molar refractivity (Wildman–Crippen MR) is 78.5 cm³/mol. The lowest BCUT2D eigenvalue weighted by molar-refractivity contribution is 0.848. The van der Waals surface area contributed by atoms with Crippen LogP contribution in [0.1, 0.15) is 28.2 Å². The van der Waals surface area contributed by atoms with Crippen LogP contribution in [0.15, 0.2) is 61.2 Å². The fraction of sp³-hybridized carbons (Fsp3) is 0.111. The molecule has 1 unspecified atom stereocenters. The maximum absolute atomic E-state index is 3.89. The Morgan fingerprint density at radius 2 is 1.78 bits per heavy atom. The Morgan fingerprint density at radius 1 is 1.00 bits per heavy atom. The number of hydrogen-bond donors (Lipinski definition) is 0. The van der Waals surface area contributed by atoms with Crippen molar-refractivity contribution in [2.24, 2.45) is 0 Å². The van der Waals surface area contributed by atoms with Gasteiger partial charge in [0, 0.05) is 5.92 Å². The van der Waals surface area contributed by atoms with E-state index in [1.807, 2.05) is 6.08 Å². The first kappa shape index (κ1) is 11.0. The quantitative estimate of drug-likeness (QED) is 0.720. The second-order valence-electron chi connectivity index (χ2n) is 4.70. The van der Waals surface area contributed by atoms with E-state index in [9.17, 15) is 0 Å². The molecular weight excluding hydrogens is 216 g/mol. The fourth-order valence-corrected chi connectivity index (χ4v) is 2.66. The Labute approximate surface area is 108 Å². The normalized spacial score (nSPS) is 16.6. The fourth-order valence-electron chi connectivity index (χ4n) is 2.66. The van der Waals surface area contributed by atoms with Crippen LogP contribution in [0.3, 0.4) is 0 Å². The van der Waals surface area contributed by atoms with E-state index in [0.29, 0.717) is 5.92 Å². The van der Waals surface area contributed by atoms with E-state index >= 15 is 0 Å². The summed E-state index contributed by atoms with van der Waals surface area (Å²) in [5.41, 5.74) is 5.42. The van der Waals surface area contributed by atoms with Crippen LogP contribution < -0.4 is 0 Å². The Morgan fingerprint density at radius 3 is 2.67 bits per heavy atom. The Hall–Kier alpha value is -2.08. The molecular formula is C18H16. The molecule has 1 atom stereocenters. The molecule has 0 amide bonds. The molecule has 1 aliphatic carbocycles. The van der Waals surface area contributed by atoms with Crippen LogP contribution in [0, 0.1) is 0 Å². The topological polar surface area (TPSA) is 0 Å². The molecule has 0 aliphatic heterocycles. The van der Waals surface area contributed by atoms with Gasteiger partial charge >= 0.3 is 0 Å². The zero-order valence-electron chi connectivity index (χ0n) is 10.3. The van der Waals surface area contributed by atoms with Crippen LogP contribution in [0.2, 0.25) is 0 Å². The average Bonchev–Trinajstić information content (AvgIpc) is 2.83. The van der Waals surface area contributed by atoms with Crippen molar-refractivity contribution in [1.29, 1.82) is 0 Å². The molecule has 0 heterocycles. The zero-order valence-corrected chi connectivity index (χ0v) is 10.3. The van der Waals surface area contributed by atoms with Gasteiger partial charge in [-0.15, -0.1) is 0 Å². The minimum absolute atomic E-state index is 0.502. The summed E-state index contributed by atoms with van der Waals surface area (Å²) in [6.45, 7) is 3.89. The lowest BCUT2D eigenvalue weighted by atomic mass is 9.91. The first-order valence-corrected chi connectivity index (χ1v) is 6.36. The van der Waals surface area contributed by atoms with Crippen molar-refractivity contribution in [2.75, 3.05) is 0 Å². The van der Waals surface area contributed by atoms with E-state index in [4.69, 9.17) is 0 Å². The predicted octanol–water partition coefficient (Wildman–Crippen LogP) is 4.68. The molecule has 18 heavy (non-hydrogen) atoms. The molecule has 0 N–H and O–H groups in total. The van der Waals surface area contributed by atoms with Crippen molar-refractivity contribution in [2.45, 2.75) is 12.3 Å². The van der Waals surface area contributed by atoms with E-state index in [-0.39, 0.29) is 0 Å². The molecule has 0 aromatic heterocycles. The summed E-state index contributed by atoms with van der Waals surface area (Å²) >= 11 is 0. The minimum Gasteiger partial charge on any atom is -0.0985 e. The highest BCUT2D eigenvalue weighted by atomic mass is 14.2. The van der Waals surface area contributed by atoms with Crippen molar-refractivity contribution in [3.05, 3.63) is 83.4 Å². The Kier molecular flexibility index (Phi) is 2.85. The van der Waals surface area contributed by atoms with Gasteiger partial charge in [-0.05, 0) is 28.7 Å². The average molecular weight is 232 g/mol. The van der Waals surface area contributed by atoms with Gasteiger partial charge in [0.05, 0.1) is 0 Å². The molecule has 88 valence electrons. The van der Waals surface area contributed by atoms with E-state index in [1.54, 1.807) is 0 Å². The zero-order chi connectivity index (χ0) is 12.4. The summed E-state index contributed by atoms with van der Waals surface area (Å²) in [7, 11) is 0. The van der Waals surface area contributed by atoms with Crippen LogP contribution in [-0.2, 0) is 6.42 Å². The molecule has 0 radical (unpaired) electrons. The van der Waals surface area contributed by atoms with Gasteiger partial charge in [-0.1, -0.05) is 73.3 Å². The number of allylic oxidation sites excluding steroid dienone is 1. The highest BCUT2D eigenvalue weighted by Gasteiger charge is 2.17. The van der Waals surface area contributed by atoms with Gasteiger partial charge in [-0.2, -0.15) is 0 Å². The maximum atomic E-state index is 3.89. The number of fused-ring (bicyclic) bond motifs is 1. The molecule has 0 saturated carbocycles. The van der Waals surface area contributed by atoms with Gasteiger partial charge in [0.25, 0.3) is 0 Å². The Bertz CT molecular complexity index is 605. The first-order valence-electron chi connectivity index (χ1n) is 6.36. The van der Waals surface area contributed by atoms with Crippen LogP contribution in [0.5, 0.6) is 0 Å². The number of hydrogen-bond acceptors (Lipinski definition) is 0. The first-order chi connectivity index (χ1) is 8.88. The van der Waals surface area contributed by atoms with Crippen LogP contribution in [0.4, 0.5) is 0 Å². The maximum Gasteiger partial charge on any atom is 0.00678 e. The third-order valence-electron chi connectivity index (χ3n) is 3.62. The van der Waals surface area contributed by atoms with E-state index in [2.05, 4.69) is 67.3 Å². The number of rotatable bonds is 3. The van der Waals surface area contributed by atoms with Crippen LogP contribution in [0.25, 0.3) is 12.2 Å². The largest absolute Gasteiger partial charge is 0.0985 e. The van der Waals surface area contributed by atoms with Crippen molar-refractivity contribution in [1.82, 2.24) is 0 Å². The van der Waals surface area contributed by atoms with Crippen molar-refractivity contribution < 1.29 is 0 Å². The van der Waals surface area contributed by atoms with Crippen molar-refractivity contribution >= 4 is 12.2 Å². The molecule has 2 aromatic rings. The standard InChI is InChI=1S/C18H16/c1-2-14-7-3-4-9-16(14)13-17-12-11-15-8-5-6-10-18(15)17/h2-12,17H,1,13H2. The summed E-state index contributed by atoms with van der Waals surface area (Å²) in [4.78, 5) is 0. The lowest BCUT2D eigenvalue weighted by Gasteiger charge is -2.13. The van der Waals surface area contributed by atoms with E-state index in [1.165, 1.54) is 22.3 Å². The van der Waals surface area contributed by atoms with Crippen LogP contribution in [-0.4, -0.2) is 0 Å². The smallest absolute Gasteiger partial charge is 0.00678 e. The Balaban J connectivity index is 1.91. The van der Waals surface area contributed by atoms with Crippen molar-refractivity contribution in [3.63, 3.8) is 0 Å². The highest BCUT2D eigenvalue weighted by molar-refractivity contribution is 5.63. The molecule has 1 aliphatic rings. The van der Waals surface area contributed by atoms with Crippen LogP contribution >= 0.6 is 0 Å². The van der Waals surface area contributed by atoms with Gasteiger partial charge in [-0.3, -0.25) is 0 Å². The molecule has 3 rings (SSSR count). The summed E-state index contributed by atoms with van der Waals surface area (Å²) in [5.74, 6) is 0.502. The summed E-state index contributed by atoms with van der Waals surface area (Å²) in [6, 6.07) is 17.1. The van der Waals surface area contributed by atoms with Crippen molar-refractivity contribution in [3.8, 4) is 0 Å². The summed E-state index contributed by atoms with van der Waals surface area (Å²) in [6.07, 6.45) is 7.54. The molecule has 0 nitrogen and oxygen atoms in total. The lowest BCUT2D eigenvalue weighted by Crippen LogP contribution is -1.99. The third kappa shape index (κ3) is 1.91. The molecule has 0 heteroatoms. The van der Waals surface area contributed by atoms with E-state index in [0.717, 1.165) is 6.42 Å². The molecule has 2 aromatic carbocycles. The number of benzene rings is 2. The highest BCUT2D eigenvalue weighted by Crippen LogP contribution is 2.33. The molecule has 0 saturated heterocycles.